The third kappa shape index (κ3) is 2.24. The number of H-pyrrole nitrogens is 1. The molecular formula is C12H13NO4. The van der Waals surface area contributed by atoms with Crippen molar-refractivity contribution >= 4 is 16.9 Å². The SMILES string of the molecule is COc1ccc2[nH]cc(CC(O)C(=O)O)c2c1. The van der Waals surface area contributed by atoms with Crippen LogP contribution >= 0.6 is 0 Å². The number of nitrogens with one attached hydrogen (secondary N) is 1. The first-order valence-corrected chi connectivity index (χ1v) is 5.16. The van der Waals surface area contributed by atoms with Gasteiger partial charge in [0.05, 0.1) is 7.11 Å². The number of hydrogen-bond donors (Lipinski definition) is 3. The van der Waals surface area contributed by atoms with E-state index in [1.54, 1.807) is 13.3 Å². The molecule has 17 heavy (non-hydrogen) atoms. The summed E-state index contributed by atoms with van der Waals surface area (Å²) in [5, 5.41) is 18.9. The summed E-state index contributed by atoms with van der Waals surface area (Å²) in [5.74, 6) is -0.523. The average molecular weight is 235 g/mol. The van der Waals surface area contributed by atoms with Gasteiger partial charge in [-0.1, -0.05) is 0 Å². The van der Waals surface area contributed by atoms with Crippen LogP contribution in [0.4, 0.5) is 0 Å². The highest BCUT2D eigenvalue weighted by Crippen LogP contribution is 2.24. The lowest BCUT2D eigenvalue weighted by Crippen LogP contribution is -2.21. The Kier molecular flexibility index (Phi) is 3.01. The van der Waals surface area contributed by atoms with Crippen molar-refractivity contribution in [3.63, 3.8) is 0 Å². The molecule has 3 N–H and O–H groups in total. The molecule has 0 amide bonds. The molecule has 5 nitrogen and oxygen atoms in total. The number of hydrogen-bond acceptors (Lipinski definition) is 3. The van der Waals surface area contributed by atoms with Gasteiger partial charge in [-0.05, 0) is 23.8 Å². The highest BCUT2D eigenvalue weighted by Gasteiger charge is 2.16. The maximum atomic E-state index is 10.6. The van der Waals surface area contributed by atoms with E-state index in [9.17, 15) is 9.90 Å². The quantitative estimate of drug-likeness (QED) is 0.742. The molecule has 1 aromatic heterocycles. The zero-order valence-electron chi connectivity index (χ0n) is 9.30. The zero-order valence-corrected chi connectivity index (χ0v) is 9.30. The molecule has 0 aliphatic rings. The first-order chi connectivity index (χ1) is 8.11. The molecule has 0 bridgehead atoms. The molecule has 2 rings (SSSR count). The second kappa shape index (κ2) is 4.47. The number of rotatable bonds is 4. The molecule has 1 heterocycles. The van der Waals surface area contributed by atoms with E-state index in [2.05, 4.69) is 4.98 Å². The van der Waals surface area contributed by atoms with Gasteiger partial charge in [0.25, 0.3) is 0 Å². The fraction of sp³-hybridized carbons (Fsp3) is 0.250. The normalized spacial score (nSPS) is 12.6. The van der Waals surface area contributed by atoms with Crippen molar-refractivity contribution in [2.24, 2.45) is 0 Å². The van der Waals surface area contributed by atoms with Gasteiger partial charge in [0, 0.05) is 23.5 Å². The van der Waals surface area contributed by atoms with Crippen molar-refractivity contribution in [3.8, 4) is 5.75 Å². The fourth-order valence-electron chi connectivity index (χ4n) is 1.75. The predicted octanol–water partition coefficient (Wildman–Crippen LogP) is 1.16. The van der Waals surface area contributed by atoms with Gasteiger partial charge in [-0.25, -0.2) is 4.79 Å². The Balaban J connectivity index is 2.37. The number of carboxylic acids is 1. The molecule has 1 atom stereocenters. The topological polar surface area (TPSA) is 82.5 Å². The number of methoxy groups -OCH3 is 1. The minimum Gasteiger partial charge on any atom is -0.497 e. The van der Waals surface area contributed by atoms with Crippen molar-refractivity contribution in [1.82, 2.24) is 4.98 Å². The van der Waals surface area contributed by atoms with Gasteiger partial charge in [-0.2, -0.15) is 0 Å². The number of carbonyl (C=O) groups is 1. The molecule has 0 aliphatic carbocycles. The number of ether oxygens (including phenoxy) is 1. The lowest BCUT2D eigenvalue weighted by molar-refractivity contribution is -0.146. The van der Waals surface area contributed by atoms with E-state index in [-0.39, 0.29) is 6.42 Å². The van der Waals surface area contributed by atoms with Gasteiger partial charge >= 0.3 is 5.97 Å². The third-order valence-electron chi connectivity index (χ3n) is 2.67. The lowest BCUT2D eigenvalue weighted by Gasteiger charge is -2.04. The van der Waals surface area contributed by atoms with Crippen LogP contribution in [0.25, 0.3) is 10.9 Å². The monoisotopic (exact) mass is 235 g/mol. The summed E-state index contributed by atoms with van der Waals surface area (Å²) in [7, 11) is 1.57. The van der Waals surface area contributed by atoms with Crippen LogP contribution in [0, 0.1) is 0 Å². The molecule has 0 saturated heterocycles. The number of aromatic nitrogens is 1. The summed E-state index contributed by atoms with van der Waals surface area (Å²) in [6.07, 6.45) is 0.388. The molecule has 5 heteroatoms. The van der Waals surface area contributed by atoms with Crippen LogP contribution in [0.15, 0.2) is 24.4 Å². The Morgan fingerprint density at radius 3 is 2.94 bits per heavy atom. The minimum atomic E-state index is -1.39. The summed E-state index contributed by atoms with van der Waals surface area (Å²) >= 11 is 0. The third-order valence-corrected chi connectivity index (χ3v) is 2.67. The molecule has 90 valence electrons. The summed E-state index contributed by atoms with van der Waals surface area (Å²) in [5.41, 5.74) is 1.65. The van der Waals surface area contributed by atoms with Gasteiger partial charge in [-0.3, -0.25) is 0 Å². The van der Waals surface area contributed by atoms with E-state index in [0.717, 1.165) is 16.5 Å². The number of carboxylic acid groups (broad SMARTS) is 1. The van der Waals surface area contributed by atoms with Crippen LogP contribution in [0.5, 0.6) is 5.75 Å². The van der Waals surface area contributed by atoms with E-state index >= 15 is 0 Å². The van der Waals surface area contributed by atoms with Crippen molar-refractivity contribution in [3.05, 3.63) is 30.0 Å². The van der Waals surface area contributed by atoms with E-state index < -0.39 is 12.1 Å². The Morgan fingerprint density at radius 2 is 2.29 bits per heavy atom. The number of aromatic amines is 1. The smallest absolute Gasteiger partial charge is 0.332 e. The zero-order chi connectivity index (χ0) is 12.4. The summed E-state index contributed by atoms with van der Waals surface area (Å²) in [6.45, 7) is 0. The van der Waals surface area contributed by atoms with Gasteiger partial charge < -0.3 is 19.9 Å². The molecule has 2 aromatic rings. The second-order valence-electron chi connectivity index (χ2n) is 3.78. The first-order valence-electron chi connectivity index (χ1n) is 5.16. The Labute approximate surface area is 97.6 Å². The number of fused-ring (bicyclic) bond motifs is 1. The maximum absolute atomic E-state index is 10.6. The van der Waals surface area contributed by atoms with Crippen LogP contribution in [0.2, 0.25) is 0 Å². The number of aliphatic hydroxyl groups is 1. The second-order valence-corrected chi connectivity index (χ2v) is 3.78. The minimum absolute atomic E-state index is 0.0719. The first kappa shape index (κ1) is 11.5. The summed E-state index contributed by atoms with van der Waals surface area (Å²) in [6, 6.07) is 5.48. The van der Waals surface area contributed by atoms with Gasteiger partial charge in [0.1, 0.15) is 5.75 Å². The molecule has 1 unspecified atom stereocenters. The van der Waals surface area contributed by atoms with Crippen molar-refractivity contribution in [2.75, 3.05) is 7.11 Å². The number of aliphatic carboxylic acids is 1. The van der Waals surface area contributed by atoms with Crippen LogP contribution in [0.3, 0.4) is 0 Å². The predicted molar refractivity (Wildman–Crippen MR) is 62.2 cm³/mol. The molecule has 0 fully saturated rings. The molecule has 0 saturated carbocycles. The van der Waals surface area contributed by atoms with Crippen molar-refractivity contribution in [2.45, 2.75) is 12.5 Å². The van der Waals surface area contributed by atoms with Gasteiger partial charge in [-0.15, -0.1) is 0 Å². The van der Waals surface area contributed by atoms with E-state index in [4.69, 9.17) is 9.84 Å². The Hall–Kier alpha value is -2.01. The molecule has 0 aliphatic heterocycles. The van der Waals surface area contributed by atoms with Crippen LogP contribution in [-0.2, 0) is 11.2 Å². The number of aliphatic hydroxyl groups excluding tert-OH is 1. The Morgan fingerprint density at radius 1 is 1.53 bits per heavy atom. The average Bonchev–Trinajstić information content (AvgIpc) is 2.71. The van der Waals surface area contributed by atoms with E-state index in [1.165, 1.54) is 0 Å². The highest BCUT2D eigenvalue weighted by molar-refractivity contribution is 5.85. The van der Waals surface area contributed by atoms with E-state index in [0.29, 0.717) is 5.75 Å². The van der Waals surface area contributed by atoms with Crippen molar-refractivity contribution in [1.29, 1.82) is 0 Å². The summed E-state index contributed by atoms with van der Waals surface area (Å²) in [4.78, 5) is 13.6. The molecule has 1 aromatic carbocycles. The van der Waals surface area contributed by atoms with Crippen molar-refractivity contribution < 1.29 is 19.7 Å². The lowest BCUT2D eigenvalue weighted by atomic mass is 10.1. The van der Waals surface area contributed by atoms with Crippen LogP contribution in [-0.4, -0.2) is 34.4 Å². The standard InChI is InChI=1S/C12H13NO4/c1-17-8-2-3-10-9(5-8)7(6-13-10)4-11(14)12(15)16/h2-3,5-6,11,13-14H,4H2,1H3,(H,15,16). The van der Waals surface area contributed by atoms with Gasteiger partial charge in [0.2, 0.25) is 0 Å². The maximum Gasteiger partial charge on any atom is 0.332 e. The highest BCUT2D eigenvalue weighted by atomic mass is 16.5. The van der Waals surface area contributed by atoms with Crippen LogP contribution in [0.1, 0.15) is 5.56 Å². The fourth-order valence-corrected chi connectivity index (χ4v) is 1.75. The van der Waals surface area contributed by atoms with Gasteiger partial charge in [0.15, 0.2) is 6.10 Å². The van der Waals surface area contributed by atoms with E-state index in [1.807, 2.05) is 18.2 Å². The largest absolute Gasteiger partial charge is 0.497 e. The molecule has 0 radical (unpaired) electrons. The molecule has 0 spiro atoms. The molecular weight excluding hydrogens is 222 g/mol. The Bertz CT molecular complexity index is 546. The summed E-state index contributed by atoms with van der Waals surface area (Å²) < 4.78 is 5.11. The van der Waals surface area contributed by atoms with Crippen LogP contribution < -0.4 is 4.74 Å². The number of benzene rings is 1.